The van der Waals surface area contributed by atoms with Gasteiger partial charge in [0.2, 0.25) is 0 Å². The van der Waals surface area contributed by atoms with Crippen LogP contribution in [-0.4, -0.2) is 44.1 Å². The quantitative estimate of drug-likeness (QED) is 0.480. The summed E-state index contributed by atoms with van der Waals surface area (Å²) in [5.41, 5.74) is 1.35. The van der Waals surface area contributed by atoms with Crippen LogP contribution in [0.4, 0.5) is 0 Å². The van der Waals surface area contributed by atoms with Crippen molar-refractivity contribution in [3.63, 3.8) is 0 Å². The van der Waals surface area contributed by atoms with Crippen LogP contribution < -0.4 is 10.6 Å². The third-order valence-corrected chi connectivity index (χ3v) is 4.77. The first-order chi connectivity index (χ1) is 9.79. The lowest BCUT2D eigenvalue weighted by Crippen LogP contribution is -2.38. The average Bonchev–Trinajstić information content (AvgIpc) is 3.10. The summed E-state index contributed by atoms with van der Waals surface area (Å²) in [7, 11) is 1.83. The predicted molar refractivity (Wildman–Crippen MR) is 87.5 cm³/mol. The zero-order valence-electron chi connectivity index (χ0n) is 12.6. The summed E-state index contributed by atoms with van der Waals surface area (Å²) >= 11 is 1.80. The molecule has 1 aliphatic rings. The van der Waals surface area contributed by atoms with Crippen LogP contribution in [0.5, 0.6) is 0 Å². The molecule has 2 heterocycles. The van der Waals surface area contributed by atoms with Gasteiger partial charge in [0, 0.05) is 18.5 Å². The number of likely N-dealkylation sites (tertiary alicyclic amines) is 1. The molecule has 0 unspecified atom stereocenters. The molecule has 0 amide bonds. The van der Waals surface area contributed by atoms with Crippen LogP contribution in [0.25, 0.3) is 0 Å². The molecule has 1 aromatic heterocycles. The molecule has 2 N–H and O–H groups in total. The normalized spacial score (nSPS) is 16.6. The van der Waals surface area contributed by atoms with Gasteiger partial charge in [0.15, 0.2) is 5.96 Å². The molecule has 20 heavy (non-hydrogen) atoms. The highest BCUT2D eigenvalue weighted by molar-refractivity contribution is 7.10. The molecule has 1 aromatic rings. The first-order valence-corrected chi connectivity index (χ1v) is 8.37. The zero-order valence-corrected chi connectivity index (χ0v) is 13.4. The molecule has 4 nitrogen and oxygen atoms in total. The summed E-state index contributed by atoms with van der Waals surface area (Å²) in [4.78, 5) is 8.20. The largest absolute Gasteiger partial charge is 0.356 e. The van der Waals surface area contributed by atoms with Gasteiger partial charge in [0.25, 0.3) is 0 Å². The van der Waals surface area contributed by atoms with E-state index in [1.165, 1.54) is 49.3 Å². The second-order valence-electron chi connectivity index (χ2n) is 5.28. The van der Waals surface area contributed by atoms with Gasteiger partial charge in [-0.3, -0.25) is 4.99 Å². The number of guanidine groups is 1. The van der Waals surface area contributed by atoms with E-state index in [1.54, 1.807) is 11.3 Å². The Kier molecular flexibility index (Phi) is 6.33. The second-order valence-corrected chi connectivity index (χ2v) is 6.28. The topological polar surface area (TPSA) is 39.7 Å². The molecule has 112 valence electrons. The Morgan fingerprint density at radius 2 is 2.15 bits per heavy atom. The Hall–Kier alpha value is -1.07. The monoisotopic (exact) mass is 294 g/mol. The number of thiophene rings is 1. The Morgan fingerprint density at radius 3 is 2.80 bits per heavy atom. The van der Waals surface area contributed by atoms with E-state index in [4.69, 9.17) is 0 Å². The highest BCUT2D eigenvalue weighted by Crippen LogP contribution is 2.14. The van der Waals surface area contributed by atoms with E-state index in [2.05, 4.69) is 38.9 Å². The van der Waals surface area contributed by atoms with Gasteiger partial charge in [0.1, 0.15) is 0 Å². The minimum absolute atomic E-state index is 0.856. The summed E-state index contributed by atoms with van der Waals surface area (Å²) in [6.07, 6.45) is 3.92. The van der Waals surface area contributed by atoms with Crippen LogP contribution in [0, 0.1) is 6.92 Å². The van der Waals surface area contributed by atoms with Gasteiger partial charge in [-0.05, 0) is 62.8 Å². The molecule has 5 heteroatoms. The van der Waals surface area contributed by atoms with Crippen LogP contribution in [0.3, 0.4) is 0 Å². The molecule has 0 atom stereocenters. The lowest BCUT2D eigenvalue weighted by Gasteiger charge is -2.15. The second kappa shape index (κ2) is 8.27. The van der Waals surface area contributed by atoms with Crippen LogP contribution in [0.1, 0.15) is 29.7 Å². The lowest BCUT2D eigenvalue weighted by molar-refractivity contribution is 0.334. The molecule has 1 fully saturated rings. The van der Waals surface area contributed by atoms with Crippen molar-refractivity contribution in [2.24, 2.45) is 4.99 Å². The fourth-order valence-electron chi connectivity index (χ4n) is 2.49. The molecule has 0 spiro atoms. The number of nitrogens with zero attached hydrogens (tertiary/aromatic N) is 2. The standard InChI is InChI=1S/C15H26N4S/c1-13-6-11-20-14(13)12-18-15(16-2)17-7-5-10-19-8-3-4-9-19/h6,11H,3-5,7-10,12H2,1-2H3,(H2,16,17,18). The highest BCUT2D eigenvalue weighted by Gasteiger charge is 2.10. The summed E-state index contributed by atoms with van der Waals surface area (Å²) < 4.78 is 0. The molecule has 0 bridgehead atoms. The third-order valence-electron chi connectivity index (χ3n) is 3.75. The van der Waals surface area contributed by atoms with Crippen molar-refractivity contribution in [2.45, 2.75) is 32.7 Å². The zero-order chi connectivity index (χ0) is 14.2. The van der Waals surface area contributed by atoms with Gasteiger partial charge >= 0.3 is 0 Å². The van der Waals surface area contributed by atoms with Gasteiger partial charge in [-0.25, -0.2) is 0 Å². The number of aryl methyl sites for hydroxylation is 1. The van der Waals surface area contributed by atoms with Crippen LogP contribution in [0.15, 0.2) is 16.4 Å². The van der Waals surface area contributed by atoms with Crippen molar-refractivity contribution in [3.05, 3.63) is 21.9 Å². The summed E-state index contributed by atoms with van der Waals surface area (Å²) in [5.74, 6) is 0.902. The Bertz CT molecular complexity index is 421. The van der Waals surface area contributed by atoms with Gasteiger partial charge < -0.3 is 15.5 Å². The molecule has 2 rings (SSSR count). The van der Waals surface area contributed by atoms with Gasteiger partial charge in [-0.15, -0.1) is 11.3 Å². The van der Waals surface area contributed by atoms with Crippen molar-refractivity contribution >= 4 is 17.3 Å². The van der Waals surface area contributed by atoms with Crippen molar-refractivity contribution in [1.82, 2.24) is 15.5 Å². The Balaban J connectivity index is 1.61. The van der Waals surface area contributed by atoms with Crippen molar-refractivity contribution < 1.29 is 0 Å². The highest BCUT2D eigenvalue weighted by atomic mass is 32.1. The number of hydrogen-bond acceptors (Lipinski definition) is 3. The number of nitrogens with one attached hydrogen (secondary N) is 2. The van der Waals surface area contributed by atoms with Crippen molar-refractivity contribution in [1.29, 1.82) is 0 Å². The first-order valence-electron chi connectivity index (χ1n) is 7.49. The molecule has 0 aliphatic carbocycles. The lowest BCUT2D eigenvalue weighted by atomic mass is 10.3. The van der Waals surface area contributed by atoms with E-state index in [9.17, 15) is 0 Å². The summed E-state index contributed by atoms with van der Waals surface area (Å²) in [6, 6.07) is 2.16. The SMILES string of the molecule is CN=C(NCCCN1CCCC1)NCc1sccc1C. The van der Waals surface area contributed by atoms with Gasteiger partial charge in [0.05, 0.1) is 6.54 Å². The van der Waals surface area contributed by atoms with Gasteiger partial charge in [-0.1, -0.05) is 0 Å². The van der Waals surface area contributed by atoms with Crippen LogP contribution in [0.2, 0.25) is 0 Å². The van der Waals surface area contributed by atoms with Gasteiger partial charge in [-0.2, -0.15) is 0 Å². The minimum atomic E-state index is 0.856. The van der Waals surface area contributed by atoms with E-state index in [-0.39, 0.29) is 0 Å². The molecule has 0 saturated carbocycles. The number of aliphatic imine (C=N–C) groups is 1. The molecule has 0 aromatic carbocycles. The van der Waals surface area contributed by atoms with E-state index in [1.807, 2.05) is 7.05 Å². The maximum absolute atomic E-state index is 4.27. The number of hydrogen-bond donors (Lipinski definition) is 2. The number of rotatable bonds is 6. The molecular formula is C15H26N4S. The van der Waals surface area contributed by atoms with E-state index >= 15 is 0 Å². The van der Waals surface area contributed by atoms with Crippen molar-refractivity contribution in [3.8, 4) is 0 Å². The summed E-state index contributed by atoms with van der Waals surface area (Å²) in [5, 5.41) is 8.91. The molecule has 1 aliphatic heterocycles. The minimum Gasteiger partial charge on any atom is -0.356 e. The molecule has 0 radical (unpaired) electrons. The smallest absolute Gasteiger partial charge is 0.191 e. The van der Waals surface area contributed by atoms with E-state index in [0.29, 0.717) is 0 Å². The van der Waals surface area contributed by atoms with Crippen molar-refractivity contribution in [2.75, 3.05) is 33.2 Å². The van der Waals surface area contributed by atoms with E-state index < -0.39 is 0 Å². The fraction of sp³-hybridized carbons (Fsp3) is 0.667. The summed E-state index contributed by atoms with van der Waals surface area (Å²) in [6.45, 7) is 7.76. The maximum Gasteiger partial charge on any atom is 0.191 e. The third kappa shape index (κ3) is 4.80. The van der Waals surface area contributed by atoms with E-state index in [0.717, 1.165) is 19.0 Å². The predicted octanol–water partition coefficient (Wildman–Crippen LogP) is 2.21. The Morgan fingerprint density at radius 1 is 1.35 bits per heavy atom. The van der Waals surface area contributed by atoms with Crippen LogP contribution in [-0.2, 0) is 6.54 Å². The molecular weight excluding hydrogens is 268 g/mol. The van der Waals surface area contributed by atoms with Crippen LogP contribution >= 0.6 is 11.3 Å². The molecule has 1 saturated heterocycles. The first kappa shape index (κ1) is 15.3. The fourth-order valence-corrected chi connectivity index (χ4v) is 3.33. The maximum atomic E-state index is 4.27. The Labute approximate surface area is 126 Å². The average molecular weight is 294 g/mol.